The number of fused-ring (bicyclic) bond motifs is 1. The number of aryl methyl sites for hydroxylation is 1. The van der Waals surface area contributed by atoms with Gasteiger partial charge >= 0.3 is 5.97 Å². The molecule has 0 atom stereocenters. The van der Waals surface area contributed by atoms with Crippen molar-refractivity contribution >= 4 is 40.8 Å². The number of amides is 2. The Labute approximate surface area is 183 Å². The van der Waals surface area contributed by atoms with Gasteiger partial charge in [0.2, 0.25) is 5.91 Å². The maximum Gasteiger partial charge on any atom is 0.343 e. The first kappa shape index (κ1) is 20.6. The molecule has 1 N–H and O–H groups in total. The summed E-state index contributed by atoms with van der Waals surface area (Å²) in [5, 5.41) is 7.16. The molecule has 1 aliphatic heterocycles. The summed E-state index contributed by atoms with van der Waals surface area (Å²) in [6.07, 6.45) is 0. The van der Waals surface area contributed by atoms with Crippen molar-refractivity contribution in [3.05, 3.63) is 76.6 Å². The second-order valence-corrected chi connectivity index (χ2v) is 7.37. The van der Waals surface area contributed by atoms with Crippen LogP contribution in [-0.2, 0) is 20.9 Å². The van der Waals surface area contributed by atoms with E-state index in [4.69, 9.17) is 16.3 Å². The number of benzene rings is 2. The Morgan fingerprint density at radius 2 is 1.84 bits per heavy atom. The van der Waals surface area contributed by atoms with Gasteiger partial charge in [0, 0.05) is 0 Å². The van der Waals surface area contributed by atoms with Crippen LogP contribution >= 0.6 is 11.6 Å². The topological polar surface area (TPSA) is 93.5 Å². The van der Waals surface area contributed by atoms with Gasteiger partial charge in [-0.3, -0.25) is 14.5 Å². The van der Waals surface area contributed by atoms with Gasteiger partial charge in [0.15, 0.2) is 6.61 Å². The van der Waals surface area contributed by atoms with Gasteiger partial charge in [0.1, 0.15) is 17.3 Å². The van der Waals surface area contributed by atoms with Crippen molar-refractivity contribution in [1.82, 2.24) is 9.78 Å². The number of rotatable bonds is 5. The van der Waals surface area contributed by atoms with Crippen LogP contribution in [0.25, 0.3) is 0 Å². The molecular weight excluding hydrogens is 420 g/mol. The first-order chi connectivity index (χ1) is 14.9. The van der Waals surface area contributed by atoms with Crippen LogP contribution in [0.4, 0.5) is 11.4 Å². The van der Waals surface area contributed by atoms with Gasteiger partial charge in [-0.2, -0.15) is 5.10 Å². The van der Waals surface area contributed by atoms with Crippen LogP contribution in [0.5, 0.6) is 0 Å². The average Bonchev–Trinajstić information content (AvgIpc) is 3.04. The Hall–Kier alpha value is -3.65. The molecule has 0 fully saturated rings. The number of carbonyl (C=O) groups excluding carboxylic acids is 3. The lowest BCUT2D eigenvalue weighted by Gasteiger charge is -2.28. The highest BCUT2D eigenvalue weighted by Gasteiger charge is 2.28. The van der Waals surface area contributed by atoms with Crippen molar-refractivity contribution in [2.75, 3.05) is 23.4 Å². The lowest BCUT2D eigenvalue weighted by molar-refractivity contribution is -0.124. The van der Waals surface area contributed by atoms with Crippen molar-refractivity contribution in [3.8, 4) is 0 Å². The third kappa shape index (κ3) is 4.29. The van der Waals surface area contributed by atoms with Crippen molar-refractivity contribution in [1.29, 1.82) is 0 Å². The van der Waals surface area contributed by atoms with Gasteiger partial charge in [-0.1, -0.05) is 54.1 Å². The molecule has 0 saturated heterocycles. The molecular formula is C22H19ClN4O4. The maximum atomic E-state index is 12.7. The molecule has 2 heterocycles. The van der Waals surface area contributed by atoms with E-state index in [0.29, 0.717) is 23.6 Å². The number of esters is 1. The molecule has 0 saturated carbocycles. The van der Waals surface area contributed by atoms with E-state index in [9.17, 15) is 14.4 Å². The summed E-state index contributed by atoms with van der Waals surface area (Å²) in [5.74, 6) is -1.58. The smallest absolute Gasteiger partial charge is 0.343 e. The SMILES string of the molecule is Cc1nn(Cc2ccccc2)c(Cl)c1C(=O)OCC(=O)N1CC(=O)Nc2ccccc21. The normalized spacial score (nSPS) is 12.8. The van der Waals surface area contributed by atoms with E-state index >= 15 is 0 Å². The van der Waals surface area contributed by atoms with E-state index < -0.39 is 18.5 Å². The lowest BCUT2D eigenvalue weighted by atomic mass is 10.2. The minimum absolute atomic E-state index is 0.113. The van der Waals surface area contributed by atoms with Crippen molar-refractivity contribution in [3.63, 3.8) is 0 Å². The molecule has 4 rings (SSSR count). The van der Waals surface area contributed by atoms with E-state index in [1.54, 1.807) is 31.2 Å². The Kier molecular flexibility index (Phi) is 5.73. The summed E-state index contributed by atoms with van der Waals surface area (Å²) in [6, 6.07) is 16.5. The number of ether oxygens (including phenoxy) is 1. The number of hydrogen-bond acceptors (Lipinski definition) is 5. The fourth-order valence-electron chi connectivity index (χ4n) is 3.38. The van der Waals surface area contributed by atoms with Gasteiger partial charge in [0.25, 0.3) is 5.91 Å². The minimum atomic E-state index is -0.745. The quantitative estimate of drug-likeness (QED) is 0.618. The molecule has 2 amide bonds. The monoisotopic (exact) mass is 438 g/mol. The van der Waals surface area contributed by atoms with Crippen molar-refractivity contribution in [2.24, 2.45) is 0 Å². The molecule has 0 spiro atoms. The molecule has 0 unspecified atom stereocenters. The Morgan fingerprint density at radius 3 is 2.61 bits per heavy atom. The number of nitrogens with zero attached hydrogens (tertiary/aromatic N) is 3. The molecule has 8 nitrogen and oxygen atoms in total. The fraction of sp³-hybridized carbons (Fsp3) is 0.182. The predicted octanol–water partition coefficient (Wildman–Crippen LogP) is 3.04. The summed E-state index contributed by atoms with van der Waals surface area (Å²) < 4.78 is 6.73. The van der Waals surface area contributed by atoms with E-state index in [-0.39, 0.29) is 23.2 Å². The highest BCUT2D eigenvalue weighted by molar-refractivity contribution is 6.32. The molecule has 158 valence electrons. The Morgan fingerprint density at radius 1 is 1.13 bits per heavy atom. The number of nitrogens with one attached hydrogen (secondary N) is 1. The van der Waals surface area contributed by atoms with Crippen LogP contribution in [-0.4, -0.2) is 40.7 Å². The first-order valence-electron chi connectivity index (χ1n) is 9.57. The summed E-state index contributed by atoms with van der Waals surface area (Å²) in [7, 11) is 0. The van der Waals surface area contributed by atoms with Crippen LogP contribution in [0.3, 0.4) is 0 Å². The van der Waals surface area contributed by atoms with E-state index in [1.165, 1.54) is 9.58 Å². The fourth-order valence-corrected chi connectivity index (χ4v) is 3.69. The highest BCUT2D eigenvalue weighted by Crippen LogP contribution is 2.29. The van der Waals surface area contributed by atoms with Crippen LogP contribution in [0, 0.1) is 6.92 Å². The molecule has 3 aromatic rings. The molecule has 2 aromatic carbocycles. The average molecular weight is 439 g/mol. The van der Waals surface area contributed by atoms with Crippen LogP contribution in [0.15, 0.2) is 54.6 Å². The predicted molar refractivity (Wildman–Crippen MR) is 115 cm³/mol. The minimum Gasteiger partial charge on any atom is -0.452 e. The molecule has 0 radical (unpaired) electrons. The number of carbonyl (C=O) groups is 3. The van der Waals surface area contributed by atoms with Gasteiger partial charge < -0.3 is 10.1 Å². The Balaban J connectivity index is 1.46. The second-order valence-electron chi connectivity index (χ2n) is 7.02. The molecule has 9 heteroatoms. The van der Waals surface area contributed by atoms with E-state index in [0.717, 1.165) is 5.56 Å². The largest absolute Gasteiger partial charge is 0.452 e. The third-order valence-corrected chi connectivity index (χ3v) is 5.23. The molecule has 0 bridgehead atoms. The number of hydrogen-bond donors (Lipinski definition) is 1. The number of aromatic nitrogens is 2. The summed E-state index contributed by atoms with van der Waals surface area (Å²) in [4.78, 5) is 38.5. The second kappa shape index (κ2) is 8.61. The van der Waals surface area contributed by atoms with Crippen molar-refractivity contribution < 1.29 is 19.1 Å². The molecule has 1 aromatic heterocycles. The van der Waals surface area contributed by atoms with Gasteiger partial charge in [-0.25, -0.2) is 9.48 Å². The number of anilines is 2. The van der Waals surface area contributed by atoms with Crippen molar-refractivity contribution in [2.45, 2.75) is 13.5 Å². The van der Waals surface area contributed by atoms with Crippen LogP contribution < -0.4 is 10.2 Å². The van der Waals surface area contributed by atoms with Gasteiger partial charge in [-0.15, -0.1) is 0 Å². The van der Waals surface area contributed by atoms with Gasteiger partial charge in [-0.05, 0) is 24.6 Å². The lowest BCUT2D eigenvalue weighted by Crippen LogP contribution is -2.44. The standard InChI is InChI=1S/C22H19ClN4O4/c1-14-20(21(23)27(25-14)11-15-7-3-2-4-8-15)22(30)31-13-19(29)26-12-18(28)24-16-9-5-6-10-17(16)26/h2-10H,11-13H2,1H3,(H,24,28). The molecule has 0 aliphatic carbocycles. The number of halogens is 1. The maximum absolute atomic E-state index is 12.7. The third-order valence-electron chi connectivity index (χ3n) is 4.84. The van der Waals surface area contributed by atoms with Gasteiger partial charge in [0.05, 0.1) is 23.6 Å². The zero-order valence-corrected chi connectivity index (χ0v) is 17.4. The Bertz CT molecular complexity index is 1160. The van der Waals surface area contributed by atoms with Crippen LogP contribution in [0.1, 0.15) is 21.6 Å². The summed E-state index contributed by atoms with van der Waals surface area (Å²) >= 11 is 6.38. The highest BCUT2D eigenvalue weighted by atomic mass is 35.5. The first-order valence-corrected chi connectivity index (χ1v) is 9.95. The molecule has 31 heavy (non-hydrogen) atoms. The summed E-state index contributed by atoms with van der Waals surface area (Å²) in [5.41, 5.74) is 2.57. The summed E-state index contributed by atoms with van der Waals surface area (Å²) in [6.45, 7) is 1.37. The zero-order chi connectivity index (χ0) is 22.0. The van der Waals surface area contributed by atoms with Crippen LogP contribution in [0.2, 0.25) is 5.15 Å². The number of para-hydroxylation sites is 2. The van der Waals surface area contributed by atoms with E-state index in [1.807, 2.05) is 30.3 Å². The zero-order valence-electron chi connectivity index (χ0n) is 16.7. The van der Waals surface area contributed by atoms with E-state index in [2.05, 4.69) is 10.4 Å². The molecule has 1 aliphatic rings.